The second kappa shape index (κ2) is 4.87. The van der Waals surface area contributed by atoms with Crippen LogP contribution in [0, 0.1) is 5.41 Å². The van der Waals surface area contributed by atoms with Crippen molar-refractivity contribution >= 4 is 0 Å². The van der Waals surface area contributed by atoms with Crippen LogP contribution in [0.2, 0.25) is 0 Å². The van der Waals surface area contributed by atoms with Gasteiger partial charge < -0.3 is 16.0 Å². The number of rotatable bonds is 3. The molecule has 0 aromatic heterocycles. The smallest absolute Gasteiger partial charge is 0.0330 e. The van der Waals surface area contributed by atoms with Crippen LogP contribution in [0.4, 0.5) is 0 Å². The Morgan fingerprint density at radius 3 is 2.35 bits per heavy atom. The minimum Gasteiger partial charge on any atom is -0.329 e. The first-order valence-corrected chi connectivity index (χ1v) is 7.11. The van der Waals surface area contributed by atoms with E-state index < -0.39 is 0 Å². The van der Waals surface area contributed by atoms with Gasteiger partial charge in [0.1, 0.15) is 0 Å². The summed E-state index contributed by atoms with van der Waals surface area (Å²) in [5.41, 5.74) is 6.79. The third-order valence-electron chi connectivity index (χ3n) is 4.81. The summed E-state index contributed by atoms with van der Waals surface area (Å²) in [4.78, 5) is 2.41. The van der Waals surface area contributed by atoms with Gasteiger partial charge in [0.05, 0.1) is 0 Å². The highest BCUT2D eigenvalue weighted by atomic mass is 15.1. The number of piperidine rings is 1. The monoisotopic (exact) mass is 239 g/mol. The molecule has 0 aromatic rings. The Kier molecular flexibility index (Phi) is 3.81. The number of nitrogens with two attached hydrogens (primary N) is 1. The predicted octanol–water partition coefficient (Wildman–Crippen LogP) is 1.58. The van der Waals surface area contributed by atoms with Crippen molar-refractivity contribution in [3.05, 3.63) is 0 Å². The molecular formula is C14H29N3. The number of hydrogen-bond acceptors (Lipinski definition) is 3. The Labute approximate surface area is 106 Å². The van der Waals surface area contributed by atoms with Crippen molar-refractivity contribution in [2.24, 2.45) is 11.1 Å². The average molecular weight is 239 g/mol. The lowest BCUT2D eigenvalue weighted by Gasteiger charge is -2.42. The summed E-state index contributed by atoms with van der Waals surface area (Å²) in [7, 11) is 2.21. The Morgan fingerprint density at radius 2 is 1.88 bits per heavy atom. The summed E-state index contributed by atoms with van der Waals surface area (Å²) in [6, 6.07) is 0.692. The van der Waals surface area contributed by atoms with E-state index in [4.69, 9.17) is 5.73 Å². The molecule has 1 saturated heterocycles. The summed E-state index contributed by atoms with van der Waals surface area (Å²) in [5, 5.41) is 3.91. The summed E-state index contributed by atoms with van der Waals surface area (Å²) in [6.45, 7) is 7.93. The van der Waals surface area contributed by atoms with Crippen molar-refractivity contribution in [1.29, 1.82) is 0 Å². The van der Waals surface area contributed by atoms with E-state index in [1.807, 2.05) is 0 Å². The maximum atomic E-state index is 6.05. The predicted molar refractivity (Wildman–Crippen MR) is 73.1 cm³/mol. The van der Waals surface area contributed by atoms with Gasteiger partial charge in [-0.2, -0.15) is 0 Å². The molecular weight excluding hydrogens is 210 g/mol. The number of hydrogen-bond donors (Lipinski definition) is 2. The van der Waals surface area contributed by atoms with E-state index in [1.54, 1.807) is 0 Å². The Balaban J connectivity index is 1.91. The van der Waals surface area contributed by atoms with E-state index in [9.17, 15) is 0 Å². The van der Waals surface area contributed by atoms with Gasteiger partial charge >= 0.3 is 0 Å². The molecule has 17 heavy (non-hydrogen) atoms. The van der Waals surface area contributed by atoms with Gasteiger partial charge in [0, 0.05) is 18.1 Å². The van der Waals surface area contributed by atoms with Crippen molar-refractivity contribution in [2.75, 3.05) is 26.7 Å². The van der Waals surface area contributed by atoms with Crippen LogP contribution in [0.3, 0.4) is 0 Å². The highest BCUT2D eigenvalue weighted by Gasteiger charge is 2.38. The molecule has 0 radical (unpaired) electrons. The van der Waals surface area contributed by atoms with Crippen LogP contribution in [0.1, 0.15) is 46.0 Å². The van der Waals surface area contributed by atoms with Crippen molar-refractivity contribution in [3.63, 3.8) is 0 Å². The molecule has 0 amide bonds. The molecule has 1 heterocycles. The lowest BCUT2D eigenvalue weighted by Crippen LogP contribution is -2.59. The fourth-order valence-electron chi connectivity index (χ4n) is 3.45. The lowest BCUT2D eigenvalue weighted by molar-refractivity contribution is 0.147. The van der Waals surface area contributed by atoms with Crippen LogP contribution < -0.4 is 11.1 Å². The third kappa shape index (κ3) is 3.21. The maximum absolute atomic E-state index is 6.05. The van der Waals surface area contributed by atoms with Gasteiger partial charge in [0.15, 0.2) is 0 Å². The van der Waals surface area contributed by atoms with Crippen molar-refractivity contribution in [2.45, 2.75) is 57.5 Å². The van der Waals surface area contributed by atoms with Crippen LogP contribution in [0.15, 0.2) is 0 Å². The SMILES string of the molecule is CN1CCC(CN)(NC2CCC(C)(C)C2)CC1. The molecule has 0 spiro atoms. The topological polar surface area (TPSA) is 41.3 Å². The standard InChI is InChI=1S/C14H29N3/c1-13(2)5-4-12(10-13)16-14(11-15)6-8-17(3)9-7-14/h12,16H,4-11,15H2,1-3H3. The molecule has 1 aliphatic heterocycles. The van der Waals surface area contributed by atoms with Gasteiger partial charge in [-0.3, -0.25) is 0 Å². The molecule has 0 aromatic carbocycles. The summed E-state index contributed by atoms with van der Waals surface area (Å²) < 4.78 is 0. The van der Waals surface area contributed by atoms with Gasteiger partial charge in [0.25, 0.3) is 0 Å². The highest BCUT2D eigenvalue weighted by molar-refractivity contribution is 4.98. The first-order valence-electron chi connectivity index (χ1n) is 7.11. The van der Waals surface area contributed by atoms with Crippen molar-refractivity contribution in [1.82, 2.24) is 10.2 Å². The average Bonchev–Trinajstić information content (AvgIpc) is 2.62. The van der Waals surface area contributed by atoms with E-state index in [0.29, 0.717) is 11.5 Å². The van der Waals surface area contributed by atoms with E-state index in [-0.39, 0.29) is 5.54 Å². The summed E-state index contributed by atoms with van der Waals surface area (Å²) in [6.07, 6.45) is 6.40. The van der Waals surface area contributed by atoms with Crippen LogP contribution in [-0.4, -0.2) is 43.2 Å². The van der Waals surface area contributed by atoms with E-state index in [0.717, 1.165) is 6.54 Å². The number of nitrogens with one attached hydrogen (secondary N) is 1. The molecule has 2 fully saturated rings. The first-order chi connectivity index (χ1) is 7.95. The van der Waals surface area contributed by atoms with Crippen LogP contribution in [-0.2, 0) is 0 Å². The molecule has 1 atom stereocenters. The molecule has 100 valence electrons. The van der Waals surface area contributed by atoms with Gasteiger partial charge in [0.2, 0.25) is 0 Å². The quantitative estimate of drug-likeness (QED) is 0.785. The molecule has 0 bridgehead atoms. The summed E-state index contributed by atoms with van der Waals surface area (Å²) in [5.74, 6) is 0. The summed E-state index contributed by atoms with van der Waals surface area (Å²) >= 11 is 0. The highest BCUT2D eigenvalue weighted by Crippen LogP contribution is 2.38. The fraction of sp³-hybridized carbons (Fsp3) is 1.00. The normalized spacial score (nSPS) is 32.8. The van der Waals surface area contributed by atoms with E-state index in [1.165, 1.54) is 45.2 Å². The number of likely N-dealkylation sites (tertiary alicyclic amines) is 1. The van der Waals surface area contributed by atoms with Crippen LogP contribution in [0.25, 0.3) is 0 Å². The van der Waals surface area contributed by atoms with Crippen LogP contribution in [0.5, 0.6) is 0 Å². The van der Waals surface area contributed by atoms with Crippen LogP contribution >= 0.6 is 0 Å². The molecule has 1 aliphatic carbocycles. The maximum Gasteiger partial charge on any atom is 0.0330 e. The Morgan fingerprint density at radius 1 is 1.24 bits per heavy atom. The molecule has 1 unspecified atom stereocenters. The zero-order chi connectivity index (χ0) is 12.5. The van der Waals surface area contributed by atoms with Gasteiger partial charge in [-0.1, -0.05) is 13.8 Å². The minimum absolute atomic E-state index is 0.220. The second-order valence-corrected chi connectivity index (χ2v) is 7.04. The fourth-order valence-corrected chi connectivity index (χ4v) is 3.45. The molecule has 3 nitrogen and oxygen atoms in total. The largest absolute Gasteiger partial charge is 0.329 e. The zero-order valence-electron chi connectivity index (χ0n) is 11.8. The van der Waals surface area contributed by atoms with Gasteiger partial charge in [-0.05, 0) is 57.7 Å². The van der Waals surface area contributed by atoms with E-state index >= 15 is 0 Å². The van der Waals surface area contributed by atoms with Gasteiger partial charge in [-0.15, -0.1) is 0 Å². The molecule has 2 rings (SSSR count). The zero-order valence-corrected chi connectivity index (χ0v) is 11.8. The Hall–Kier alpha value is -0.120. The molecule has 2 aliphatic rings. The Bertz CT molecular complexity index is 254. The molecule has 3 heteroatoms. The molecule has 1 saturated carbocycles. The number of nitrogens with zero attached hydrogens (tertiary/aromatic N) is 1. The lowest BCUT2D eigenvalue weighted by atomic mass is 9.86. The molecule has 3 N–H and O–H groups in total. The van der Waals surface area contributed by atoms with Crippen molar-refractivity contribution in [3.8, 4) is 0 Å². The first kappa shape index (κ1) is 13.3. The minimum atomic E-state index is 0.220. The second-order valence-electron chi connectivity index (χ2n) is 7.04. The van der Waals surface area contributed by atoms with E-state index in [2.05, 4.69) is 31.1 Å². The van der Waals surface area contributed by atoms with Crippen molar-refractivity contribution < 1.29 is 0 Å². The third-order valence-corrected chi connectivity index (χ3v) is 4.81. The van der Waals surface area contributed by atoms with Gasteiger partial charge in [-0.25, -0.2) is 0 Å².